The molecule has 5 rings (SSSR count). The molecule has 3 saturated carbocycles. The Morgan fingerprint density at radius 3 is 2.62 bits per heavy atom. The Kier molecular flexibility index (Phi) is 3.28. The molecule has 5 aliphatic carbocycles. The van der Waals surface area contributed by atoms with E-state index in [-0.39, 0.29) is 34.7 Å². The molecular formula is C24H29ClO4. The SMILES string of the molecule is [2H]C([2H])([2H])C(=O)O[C@]1(C(C)=O)CC[C@H]2[C@@H]3C=C(Cl)C4=CC(=O)[C@@H]5C[C@@H]5[C@]4(C)[C@H]3CC[C@@]21C. The first kappa shape index (κ1) is 16.3. The van der Waals surface area contributed by atoms with Gasteiger partial charge in [0.15, 0.2) is 17.2 Å². The molecule has 0 saturated heterocycles. The van der Waals surface area contributed by atoms with Gasteiger partial charge in [-0.1, -0.05) is 31.5 Å². The third-order valence-corrected chi connectivity index (χ3v) is 9.78. The lowest BCUT2D eigenvalue weighted by Gasteiger charge is -2.57. The fraction of sp³-hybridized carbons (Fsp3) is 0.708. The molecule has 29 heavy (non-hydrogen) atoms. The average molecular weight is 420 g/mol. The Morgan fingerprint density at radius 1 is 1.21 bits per heavy atom. The number of allylic oxidation sites excluding steroid dienone is 4. The maximum atomic E-state index is 13.0. The Bertz CT molecular complexity index is 1000. The number of fused-ring (bicyclic) bond motifs is 7. The number of carbonyl (C=O) groups excluding carboxylic acids is 3. The molecule has 5 aliphatic rings. The molecule has 0 unspecified atom stereocenters. The van der Waals surface area contributed by atoms with E-state index < -0.39 is 23.8 Å². The zero-order chi connectivity index (χ0) is 23.4. The van der Waals surface area contributed by atoms with Crippen molar-refractivity contribution in [2.75, 3.05) is 0 Å². The monoisotopic (exact) mass is 419 g/mol. The van der Waals surface area contributed by atoms with E-state index >= 15 is 0 Å². The summed E-state index contributed by atoms with van der Waals surface area (Å²) in [4.78, 5) is 37.8. The van der Waals surface area contributed by atoms with Crippen molar-refractivity contribution in [3.63, 3.8) is 0 Å². The van der Waals surface area contributed by atoms with Gasteiger partial charge < -0.3 is 4.74 Å². The first-order valence-corrected chi connectivity index (χ1v) is 11.0. The third kappa shape index (κ3) is 2.24. The van der Waals surface area contributed by atoms with Gasteiger partial charge in [-0.05, 0) is 74.3 Å². The second-order valence-electron chi connectivity index (χ2n) is 10.3. The van der Waals surface area contributed by atoms with Gasteiger partial charge in [0.1, 0.15) is 0 Å². The lowest BCUT2D eigenvalue weighted by atomic mass is 9.47. The van der Waals surface area contributed by atoms with Crippen LogP contribution in [0.25, 0.3) is 0 Å². The molecule has 0 N–H and O–H groups in total. The fourth-order valence-corrected chi connectivity index (χ4v) is 8.34. The molecule has 0 amide bonds. The molecule has 5 heteroatoms. The Labute approximate surface area is 181 Å². The van der Waals surface area contributed by atoms with E-state index in [9.17, 15) is 14.4 Å². The van der Waals surface area contributed by atoms with Crippen LogP contribution in [0.15, 0.2) is 22.8 Å². The average Bonchev–Trinajstić information content (AvgIpc) is 3.44. The summed E-state index contributed by atoms with van der Waals surface area (Å²) in [5.74, 6) is -0.594. The van der Waals surface area contributed by atoms with Crippen molar-refractivity contribution in [3.8, 4) is 0 Å². The number of hydrogen-bond acceptors (Lipinski definition) is 4. The third-order valence-electron chi connectivity index (χ3n) is 9.45. The van der Waals surface area contributed by atoms with Gasteiger partial charge in [0.05, 0.1) is 0 Å². The molecular weight excluding hydrogens is 388 g/mol. The van der Waals surface area contributed by atoms with Crippen molar-refractivity contribution in [2.24, 2.45) is 40.4 Å². The van der Waals surface area contributed by atoms with E-state index in [1.165, 1.54) is 6.92 Å². The number of esters is 1. The van der Waals surface area contributed by atoms with Crippen LogP contribution in [0.2, 0.25) is 0 Å². The van der Waals surface area contributed by atoms with Gasteiger partial charge in [0, 0.05) is 32.7 Å². The minimum absolute atomic E-state index is 0.0384. The van der Waals surface area contributed by atoms with Gasteiger partial charge in [-0.15, -0.1) is 0 Å². The molecule has 0 aliphatic heterocycles. The zero-order valence-electron chi connectivity index (χ0n) is 20.1. The highest BCUT2D eigenvalue weighted by Gasteiger charge is 2.70. The van der Waals surface area contributed by atoms with Crippen LogP contribution >= 0.6 is 11.6 Å². The van der Waals surface area contributed by atoms with Crippen LogP contribution in [0.1, 0.15) is 63.8 Å². The highest BCUT2D eigenvalue weighted by Crippen LogP contribution is 2.72. The van der Waals surface area contributed by atoms with Crippen LogP contribution in [0.4, 0.5) is 0 Å². The smallest absolute Gasteiger partial charge is 0.303 e. The van der Waals surface area contributed by atoms with Crippen molar-refractivity contribution in [1.29, 1.82) is 0 Å². The summed E-state index contributed by atoms with van der Waals surface area (Å²) in [6, 6.07) is 0. The van der Waals surface area contributed by atoms with E-state index in [4.69, 9.17) is 20.5 Å². The van der Waals surface area contributed by atoms with Gasteiger partial charge in [-0.25, -0.2) is 0 Å². The number of halogens is 1. The number of hydrogen-bond donors (Lipinski definition) is 0. The second kappa shape index (κ2) is 5.84. The molecule has 0 aromatic heterocycles. The van der Waals surface area contributed by atoms with Crippen molar-refractivity contribution in [1.82, 2.24) is 0 Å². The standard InChI is InChI=1S/C24H29ClO4/c1-12(26)24(29-13(2)27)8-6-16-14-10-20(25)19-11-21(28)15-9-18(15)23(19,4)17(14)5-7-22(16,24)3/h10-11,14-18H,5-9H2,1-4H3/t14-,15+,16-,17-,18-,22-,23-,24-/m0/s1/i2D3. The summed E-state index contributed by atoms with van der Waals surface area (Å²) in [5, 5.41) is 0.622. The predicted molar refractivity (Wildman–Crippen MR) is 109 cm³/mol. The van der Waals surface area contributed by atoms with E-state index in [2.05, 4.69) is 13.0 Å². The molecule has 0 bridgehead atoms. The van der Waals surface area contributed by atoms with Crippen LogP contribution in [0.5, 0.6) is 0 Å². The summed E-state index contributed by atoms with van der Waals surface area (Å²) in [6.07, 6.45) is 7.16. The minimum atomic E-state index is -2.91. The van der Waals surface area contributed by atoms with Crippen LogP contribution in [-0.2, 0) is 19.1 Å². The van der Waals surface area contributed by atoms with Gasteiger partial charge in [-0.3, -0.25) is 14.4 Å². The maximum absolute atomic E-state index is 13.0. The number of rotatable bonds is 2. The summed E-state index contributed by atoms with van der Waals surface area (Å²) in [7, 11) is 0. The molecule has 3 fully saturated rings. The molecule has 8 atom stereocenters. The molecule has 156 valence electrons. The molecule has 4 nitrogen and oxygen atoms in total. The van der Waals surface area contributed by atoms with Crippen molar-refractivity contribution < 1.29 is 23.2 Å². The summed E-state index contributed by atoms with van der Waals surface area (Å²) < 4.78 is 28.0. The molecule has 0 aromatic carbocycles. The lowest BCUT2D eigenvalue weighted by molar-refractivity contribution is -0.185. The number of Topliss-reactive ketones (excluding diaryl/α,β-unsaturated/α-hetero) is 1. The van der Waals surface area contributed by atoms with E-state index in [0.29, 0.717) is 36.1 Å². The van der Waals surface area contributed by atoms with Crippen molar-refractivity contribution >= 4 is 29.1 Å². The fourth-order valence-electron chi connectivity index (χ4n) is 7.94. The summed E-state index contributed by atoms with van der Waals surface area (Å²) >= 11 is 6.78. The van der Waals surface area contributed by atoms with Gasteiger partial charge in [0.2, 0.25) is 0 Å². The number of carbonyl (C=O) groups is 3. The Morgan fingerprint density at radius 2 is 1.93 bits per heavy atom. The second-order valence-corrected chi connectivity index (χ2v) is 10.7. The van der Waals surface area contributed by atoms with E-state index in [0.717, 1.165) is 18.4 Å². The highest BCUT2D eigenvalue weighted by molar-refractivity contribution is 6.32. The highest BCUT2D eigenvalue weighted by atomic mass is 35.5. The summed E-state index contributed by atoms with van der Waals surface area (Å²) in [5.41, 5.74) is -1.32. The molecule has 0 radical (unpaired) electrons. The Hall–Kier alpha value is -1.42. The van der Waals surface area contributed by atoms with Crippen LogP contribution in [0, 0.1) is 40.4 Å². The summed E-state index contributed by atoms with van der Waals surface area (Å²) in [6.45, 7) is 2.72. The van der Waals surface area contributed by atoms with Crippen LogP contribution < -0.4 is 0 Å². The largest absolute Gasteiger partial charge is 0.451 e. The van der Waals surface area contributed by atoms with Gasteiger partial charge in [0.25, 0.3) is 0 Å². The van der Waals surface area contributed by atoms with Crippen LogP contribution in [-0.4, -0.2) is 23.1 Å². The molecule has 0 spiro atoms. The predicted octanol–water partition coefficient (Wildman–Crippen LogP) is 4.61. The van der Waals surface area contributed by atoms with Gasteiger partial charge in [-0.2, -0.15) is 0 Å². The quantitative estimate of drug-likeness (QED) is 0.613. The van der Waals surface area contributed by atoms with Crippen molar-refractivity contribution in [2.45, 2.75) is 65.3 Å². The van der Waals surface area contributed by atoms with Gasteiger partial charge >= 0.3 is 5.97 Å². The number of ether oxygens (including phenoxy) is 1. The first-order valence-electron chi connectivity index (χ1n) is 12.2. The minimum Gasteiger partial charge on any atom is -0.451 e. The normalized spacial score (nSPS) is 51.7. The van der Waals surface area contributed by atoms with Crippen molar-refractivity contribution in [3.05, 3.63) is 22.8 Å². The Balaban J connectivity index is 1.56. The van der Waals surface area contributed by atoms with Crippen LogP contribution in [0.3, 0.4) is 0 Å². The zero-order valence-corrected chi connectivity index (χ0v) is 17.8. The maximum Gasteiger partial charge on any atom is 0.303 e. The van der Waals surface area contributed by atoms with E-state index in [1.807, 2.05) is 6.92 Å². The van der Waals surface area contributed by atoms with E-state index in [1.54, 1.807) is 6.08 Å². The first-order chi connectivity index (χ1) is 14.8. The molecule has 0 aromatic rings. The molecule has 0 heterocycles. The lowest BCUT2D eigenvalue weighted by Crippen LogP contribution is -2.58. The number of ketones is 2. The topological polar surface area (TPSA) is 60.4 Å².